The highest BCUT2D eigenvalue weighted by molar-refractivity contribution is 7.98. The Hall–Kier alpha value is -1.41. The fourth-order valence-electron chi connectivity index (χ4n) is 2.27. The molecule has 9 heteroatoms. The molecule has 2 aromatic rings. The Morgan fingerprint density at radius 2 is 1.85 bits per heavy atom. The van der Waals surface area contributed by atoms with Crippen molar-refractivity contribution in [3.8, 4) is 0 Å². The first kappa shape index (κ1) is 21.9. The van der Waals surface area contributed by atoms with Gasteiger partial charge in [0.1, 0.15) is 6.54 Å². The van der Waals surface area contributed by atoms with Gasteiger partial charge in [-0.1, -0.05) is 53.5 Å². The molecule has 0 radical (unpaired) electrons. The first-order valence-corrected chi connectivity index (χ1v) is 11.8. The number of carbonyl (C=O) groups is 1. The third-order valence-corrected chi connectivity index (χ3v) is 6.26. The molecule has 5 nitrogen and oxygen atoms in total. The normalized spacial score (nSPS) is 11.2. The van der Waals surface area contributed by atoms with Gasteiger partial charge in [-0.05, 0) is 23.8 Å². The SMILES string of the molecule is CS(=O)(=O)N(CC(=O)NCCSCc1ccccc1)c1cc(Cl)ccc1Cl. The topological polar surface area (TPSA) is 66.5 Å². The van der Waals surface area contributed by atoms with Crippen LogP contribution >= 0.6 is 35.0 Å². The van der Waals surface area contributed by atoms with Gasteiger partial charge in [0.05, 0.1) is 17.0 Å². The molecule has 0 atom stereocenters. The summed E-state index contributed by atoms with van der Waals surface area (Å²) in [6.07, 6.45) is 1.02. The molecule has 0 aliphatic rings. The van der Waals surface area contributed by atoms with E-state index in [-0.39, 0.29) is 17.3 Å². The van der Waals surface area contributed by atoms with E-state index in [1.165, 1.54) is 17.7 Å². The van der Waals surface area contributed by atoms with Gasteiger partial charge in [-0.25, -0.2) is 8.42 Å². The van der Waals surface area contributed by atoms with E-state index in [0.29, 0.717) is 11.6 Å². The number of anilines is 1. The molecule has 0 aromatic heterocycles. The van der Waals surface area contributed by atoms with Crippen LogP contribution in [0.2, 0.25) is 10.0 Å². The van der Waals surface area contributed by atoms with Crippen LogP contribution in [0.5, 0.6) is 0 Å². The summed E-state index contributed by atoms with van der Waals surface area (Å²) in [6, 6.07) is 14.5. The van der Waals surface area contributed by atoms with Crippen LogP contribution in [0.25, 0.3) is 0 Å². The summed E-state index contributed by atoms with van der Waals surface area (Å²) >= 11 is 13.7. The number of rotatable bonds is 9. The third kappa shape index (κ3) is 7.25. The molecule has 2 aromatic carbocycles. The smallest absolute Gasteiger partial charge is 0.240 e. The summed E-state index contributed by atoms with van der Waals surface area (Å²) in [4.78, 5) is 12.2. The fraction of sp³-hybridized carbons (Fsp3) is 0.278. The van der Waals surface area contributed by atoms with Crippen LogP contribution < -0.4 is 9.62 Å². The van der Waals surface area contributed by atoms with Crippen molar-refractivity contribution in [2.24, 2.45) is 0 Å². The van der Waals surface area contributed by atoms with E-state index in [1.807, 2.05) is 30.3 Å². The summed E-state index contributed by atoms with van der Waals surface area (Å²) in [5.74, 6) is 1.17. The van der Waals surface area contributed by atoms with Crippen LogP contribution in [0.15, 0.2) is 48.5 Å². The van der Waals surface area contributed by atoms with Gasteiger partial charge in [-0.3, -0.25) is 9.10 Å². The lowest BCUT2D eigenvalue weighted by Gasteiger charge is -2.23. The second-order valence-electron chi connectivity index (χ2n) is 5.75. The zero-order chi connectivity index (χ0) is 19.9. The van der Waals surface area contributed by atoms with Crippen LogP contribution in [0.4, 0.5) is 5.69 Å². The highest BCUT2D eigenvalue weighted by Gasteiger charge is 2.23. The van der Waals surface area contributed by atoms with Crippen molar-refractivity contribution < 1.29 is 13.2 Å². The maximum absolute atomic E-state index is 12.2. The Morgan fingerprint density at radius 1 is 1.15 bits per heavy atom. The molecule has 0 aliphatic carbocycles. The van der Waals surface area contributed by atoms with Gasteiger partial charge in [-0.15, -0.1) is 0 Å². The molecule has 0 unspecified atom stereocenters. The molecule has 0 saturated heterocycles. The molecule has 0 heterocycles. The average molecular weight is 447 g/mol. The molecular formula is C18H20Cl2N2O3S2. The Morgan fingerprint density at radius 3 is 2.52 bits per heavy atom. The van der Waals surface area contributed by atoms with E-state index in [4.69, 9.17) is 23.2 Å². The molecule has 0 fully saturated rings. The van der Waals surface area contributed by atoms with Crippen molar-refractivity contribution >= 4 is 56.6 Å². The first-order chi connectivity index (χ1) is 12.8. The predicted octanol–water partition coefficient (Wildman–Crippen LogP) is 3.81. The molecule has 27 heavy (non-hydrogen) atoms. The summed E-state index contributed by atoms with van der Waals surface area (Å²) in [6.45, 7) is 0.0828. The quantitative estimate of drug-likeness (QED) is 0.594. The number of benzene rings is 2. The lowest BCUT2D eigenvalue weighted by atomic mass is 10.2. The van der Waals surface area contributed by atoms with Crippen molar-refractivity contribution in [3.63, 3.8) is 0 Å². The lowest BCUT2D eigenvalue weighted by Crippen LogP contribution is -2.41. The highest BCUT2D eigenvalue weighted by Crippen LogP contribution is 2.30. The van der Waals surface area contributed by atoms with Gasteiger partial charge in [0.2, 0.25) is 15.9 Å². The number of nitrogens with zero attached hydrogens (tertiary/aromatic N) is 1. The van der Waals surface area contributed by atoms with Gasteiger partial charge in [0.15, 0.2) is 0 Å². The van der Waals surface area contributed by atoms with Crippen LogP contribution in [0.1, 0.15) is 5.56 Å². The van der Waals surface area contributed by atoms with Crippen LogP contribution in [0, 0.1) is 0 Å². The van der Waals surface area contributed by atoms with Crippen molar-refractivity contribution in [3.05, 3.63) is 64.1 Å². The number of amides is 1. The maximum atomic E-state index is 12.2. The number of sulfonamides is 1. The molecule has 0 aliphatic heterocycles. The number of hydrogen-bond donors (Lipinski definition) is 1. The molecule has 0 saturated carbocycles. The van der Waals surface area contributed by atoms with E-state index in [1.54, 1.807) is 17.8 Å². The minimum atomic E-state index is -3.70. The molecule has 146 valence electrons. The minimum absolute atomic E-state index is 0.181. The first-order valence-electron chi connectivity index (χ1n) is 8.08. The fourth-order valence-corrected chi connectivity index (χ4v) is 4.39. The highest BCUT2D eigenvalue weighted by atomic mass is 35.5. The predicted molar refractivity (Wildman–Crippen MR) is 114 cm³/mol. The van der Waals surface area contributed by atoms with Gasteiger partial charge >= 0.3 is 0 Å². The molecule has 0 bridgehead atoms. The largest absolute Gasteiger partial charge is 0.354 e. The summed E-state index contributed by atoms with van der Waals surface area (Å²) in [5.41, 5.74) is 1.40. The van der Waals surface area contributed by atoms with E-state index in [2.05, 4.69) is 5.32 Å². The molecular weight excluding hydrogens is 427 g/mol. The van der Waals surface area contributed by atoms with E-state index in [0.717, 1.165) is 22.1 Å². The van der Waals surface area contributed by atoms with Gasteiger partial charge in [-0.2, -0.15) is 11.8 Å². The summed E-state index contributed by atoms with van der Waals surface area (Å²) < 4.78 is 25.2. The lowest BCUT2D eigenvalue weighted by molar-refractivity contribution is -0.119. The monoisotopic (exact) mass is 446 g/mol. The third-order valence-electron chi connectivity index (χ3n) is 3.54. The van der Waals surface area contributed by atoms with Gasteiger partial charge in [0, 0.05) is 23.1 Å². The van der Waals surface area contributed by atoms with Crippen LogP contribution in [0.3, 0.4) is 0 Å². The minimum Gasteiger partial charge on any atom is -0.354 e. The zero-order valence-corrected chi connectivity index (χ0v) is 17.8. The number of nitrogens with one attached hydrogen (secondary N) is 1. The molecule has 1 N–H and O–H groups in total. The van der Waals surface area contributed by atoms with Crippen molar-refractivity contribution in [1.29, 1.82) is 0 Å². The molecule has 1 amide bonds. The second-order valence-corrected chi connectivity index (χ2v) is 9.61. The van der Waals surface area contributed by atoms with Crippen molar-refractivity contribution in [2.75, 3.05) is 29.4 Å². The Balaban J connectivity index is 1.88. The maximum Gasteiger partial charge on any atom is 0.240 e. The summed E-state index contributed by atoms with van der Waals surface area (Å²) in [5, 5.41) is 3.27. The van der Waals surface area contributed by atoms with Gasteiger partial charge < -0.3 is 5.32 Å². The Bertz CT molecular complexity index is 877. The standard InChI is InChI=1S/C18H20Cl2N2O3S2/c1-27(24,25)22(17-11-15(19)7-8-16(17)20)12-18(23)21-9-10-26-13-14-5-3-2-4-6-14/h2-8,11H,9-10,12-13H2,1H3,(H,21,23). The number of carbonyl (C=O) groups excluding carboxylic acids is 1. The van der Waals surface area contributed by atoms with Crippen LogP contribution in [-0.2, 0) is 20.6 Å². The molecule has 0 spiro atoms. The van der Waals surface area contributed by atoms with Crippen molar-refractivity contribution in [1.82, 2.24) is 5.32 Å². The van der Waals surface area contributed by atoms with Gasteiger partial charge in [0.25, 0.3) is 0 Å². The molecule has 2 rings (SSSR count). The zero-order valence-electron chi connectivity index (χ0n) is 14.7. The summed E-state index contributed by atoms with van der Waals surface area (Å²) in [7, 11) is -3.70. The van der Waals surface area contributed by atoms with E-state index < -0.39 is 15.9 Å². The second kappa shape index (κ2) is 10.2. The van der Waals surface area contributed by atoms with Crippen LogP contribution in [-0.4, -0.2) is 39.4 Å². The number of halogens is 2. The Kier molecular flexibility index (Phi) is 8.28. The number of thioether (sulfide) groups is 1. The number of hydrogen-bond acceptors (Lipinski definition) is 4. The van der Waals surface area contributed by atoms with E-state index in [9.17, 15) is 13.2 Å². The average Bonchev–Trinajstić information content (AvgIpc) is 2.61. The Labute approximate surface area is 174 Å². The van der Waals surface area contributed by atoms with E-state index >= 15 is 0 Å². The van der Waals surface area contributed by atoms with Crippen molar-refractivity contribution in [2.45, 2.75) is 5.75 Å².